The predicted octanol–water partition coefficient (Wildman–Crippen LogP) is 4.04. The Labute approximate surface area is 169 Å². The van der Waals surface area contributed by atoms with Crippen molar-refractivity contribution in [2.75, 3.05) is 6.54 Å². The van der Waals surface area contributed by atoms with E-state index in [9.17, 15) is 4.79 Å². The van der Waals surface area contributed by atoms with Crippen molar-refractivity contribution >= 4 is 17.5 Å². The number of benzene rings is 1. The molecule has 0 bridgehead atoms. The van der Waals surface area contributed by atoms with Gasteiger partial charge in [-0.1, -0.05) is 36.7 Å². The van der Waals surface area contributed by atoms with Gasteiger partial charge in [-0.25, -0.2) is 9.97 Å². The number of nitrogens with zero attached hydrogens (tertiary/aromatic N) is 4. The molecule has 1 saturated heterocycles. The number of likely N-dealkylation sites (tertiary alicyclic amines) is 1. The monoisotopic (exact) mass is 398 g/mol. The Morgan fingerprint density at radius 3 is 3.00 bits per heavy atom. The fourth-order valence-corrected chi connectivity index (χ4v) is 3.95. The van der Waals surface area contributed by atoms with E-state index in [2.05, 4.69) is 9.97 Å². The van der Waals surface area contributed by atoms with Crippen molar-refractivity contribution in [2.45, 2.75) is 45.2 Å². The maximum Gasteiger partial charge on any atom is 0.243 e. The molecule has 4 rings (SSSR count). The van der Waals surface area contributed by atoms with Crippen LogP contribution in [0.4, 0.5) is 0 Å². The lowest BCUT2D eigenvalue weighted by Gasteiger charge is -2.23. The lowest BCUT2D eigenvalue weighted by molar-refractivity contribution is -0.133. The highest BCUT2D eigenvalue weighted by atomic mass is 35.5. The second-order valence-corrected chi connectivity index (χ2v) is 7.41. The van der Waals surface area contributed by atoms with Gasteiger partial charge in [0.1, 0.15) is 24.2 Å². The zero-order chi connectivity index (χ0) is 19.5. The Balaban J connectivity index is 1.47. The molecule has 1 aliphatic heterocycles. The van der Waals surface area contributed by atoms with Crippen molar-refractivity contribution in [2.24, 2.45) is 0 Å². The number of hydrogen-bond acceptors (Lipinski definition) is 4. The summed E-state index contributed by atoms with van der Waals surface area (Å²) in [5, 5.41) is 0.713. The van der Waals surface area contributed by atoms with Crippen LogP contribution in [0.25, 0.3) is 0 Å². The topological polar surface area (TPSA) is 64.2 Å². The molecule has 0 saturated carbocycles. The molecule has 146 valence electrons. The summed E-state index contributed by atoms with van der Waals surface area (Å²) < 4.78 is 7.92. The lowest BCUT2D eigenvalue weighted by atomic mass is 10.1. The minimum Gasteiger partial charge on any atom is -0.443 e. The third-order valence-corrected chi connectivity index (χ3v) is 5.54. The summed E-state index contributed by atoms with van der Waals surface area (Å²) in [7, 11) is 0. The third-order valence-electron chi connectivity index (χ3n) is 5.18. The first-order chi connectivity index (χ1) is 13.7. The number of halogens is 1. The van der Waals surface area contributed by atoms with Gasteiger partial charge in [-0.05, 0) is 24.5 Å². The molecule has 1 amide bonds. The van der Waals surface area contributed by atoms with E-state index in [4.69, 9.17) is 16.0 Å². The van der Waals surface area contributed by atoms with Gasteiger partial charge in [0.15, 0.2) is 0 Å². The highest BCUT2D eigenvalue weighted by Crippen LogP contribution is 2.32. The van der Waals surface area contributed by atoms with Crippen molar-refractivity contribution in [1.82, 2.24) is 19.4 Å². The van der Waals surface area contributed by atoms with Crippen molar-refractivity contribution in [3.05, 3.63) is 70.9 Å². The third kappa shape index (κ3) is 3.83. The summed E-state index contributed by atoms with van der Waals surface area (Å²) in [6.07, 6.45) is 8.53. The number of aryl methyl sites for hydroxylation is 1. The number of hydrogen-bond donors (Lipinski definition) is 0. The maximum absolute atomic E-state index is 12.9. The van der Waals surface area contributed by atoms with Gasteiger partial charge in [0.2, 0.25) is 11.8 Å². The van der Waals surface area contributed by atoms with E-state index in [1.165, 1.54) is 0 Å². The molecule has 1 atom stereocenters. The molecule has 0 aliphatic carbocycles. The number of rotatable bonds is 6. The van der Waals surface area contributed by atoms with Gasteiger partial charge in [-0.15, -0.1) is 0 Å². The molecule has 3 aromatic rings. The largest absolute Gasteiger partial charge is 0.443 e. The Morgan fingerprint density at radius 1 is 1.32 bits per heavy atom. The molecule has 28 heavy (non-hydrogen) atoms. The average Bonchev–Trinajstić information content (AvgIpc) is 3.43. The second kappa shape index (κ2) is 8.19. The van der Waals surface area contributed by atoms with Crippen LogP contribution in [0.3, 0.4) is 0 Å². The predicted molar refractivity (Wildman–Crippen MR) is 106 cm³/mol. The number of oxazole rings is 1. The summed E-state index contributed by atoms with van der Waals surface area (Å²) in [6, 6.07) is 7.60. The molecule has 1 aromatic carbocycles. The van der Waals surface area contributed by atoms with Gasteiger partial charge >= 0.3 is 0 Å². The molecular weight excluding hydrogens is 376 g/mol. The zero-order valence-corrected chi connectivity index (χ0v) is 16.6. The molecule has 6 nitrogen and oxygen atoms in total. The summed E-state index contributed by atoms with van der Waals surface area (Å²) in [5.41, 5.74) is 0.999. The van der Waals surface area contributed by atoms with Gasteiger partial charge in [-0.2, -0.15) is 0 Å². The molecule has 1 aliphatic rings. The van der Waals surface area contributed by atoms with E-state index < -0.39 is 0 Å². The minimum atomic E-state index is -0.110. The summed E-state index contributed by atoms with van der Waals surface area (Å²) in [4.78, 5) is 23.5. The van der Waals surface area contributed by atoms with E-state index in [1.807, 2.05) is 46.9 Å². The van der Waals surface area contributed by atoms with Crippen molar-refractivity contribution in [3.8, 4) is 0 Å². The van der Waals surface area contributed by atoms with Crippen LogP contribution in [0.1, 0.15) is 48.8 Å². The van der Waals surface area contributed by atoms with Crippen LogP contribution in [0, 0.1) is 0 Å². The summed E-state index contributed by atoms with van der Waals surface area (Å²) >= 11 is 6.24. The maximum atomic E-state index is 12.9. The Bertz CT molecular complexity index is 965. The summed E-state index contributed by atoms with van der Waals surface area (Å²) in [5.74, 6) is 2.35. The minimum absolute atomic E-state index is 0.0704. The smallest absolute Gasteiger partial charge is 0.243 e. The van der Waals surface area contributed by atoms with E-state index in [0.29, 0.717) is 23.9 Å². The van der Waals surface area contributed by atoms with Crippen molar-refractivity contribution < 1.29 is 9.21 Å². The van der Waals surface area contributed by atoms with Crippen molar-refractivity contribution in [3.63, 3.8) is 0 Å². The Hall–Kier alpha value is -2.60. The van der Waals surface area contributed by atoms with E-state index in [1.54, 1.807) is 12.4 Å². The van der Waals surface area contributed by atoms with Gasteiger partial charge < -0.3 is 13.9 Å². The van der Waals surface area contributed by atoms with Gasteiger partial charge in [0.05, 0.1) is 6.20 Å². The first-order valence-corrected chi connectivity index (χ1v) is 10.0. The first-order valence-electron chi connectivity index (χ1n) is 9.63. The lowest BCUT2D eigenvalue weighted by Crippen LogP contribution is -2.33. The van der Waals surface area contributed by atoms with E-state index >= 15 is 0 Å². The summed E-state index contributed by atoms with van der Waals surface area (Å²) in [6.45, 7) is 3.06. The molecule has 0 N–H and O–H groups in total. The van der Waals surface area contributed by atoms with Crippen LogP contribution in [0.2, 0.25) is 5.02 Å². The number of aromatic nitrogens is 3. The van der Waals surface area contributed by atoms with Crippen LogP contribution in [0.15, 0.2) is 47.3 Å². The molecule has 0 unspecified atom stereocenters. The molecule has 3 heterocycles. The number of carbonyl (C=O) groups excluding carboxylic acids is 1. The van der Waals surface area contributed by atoms with E-state index in [-0.39, 0.29) is 11.9 Å². The molecule has 7 heteroatoms. The highest BCUT2D eigenvalue weighted by Gasteiger charge is 2.33. The molecule has 1 fully saturated rings. The van der Waals surface area contributed by atoms with Crippen LogP contribution in [0.5, 0.6) is 0 Å². The average molecular weight is 399 g/mol. The first kappa shape index (κ1) is 18.7. The molecule has 0 spiro atoms. The van der Waals surface area contributed by atoms with Gasteiger partial charge in [0, 0.05) is 36.8 Å². The number of imidazole rings is 1. The molecule has 2 aromatic heterocycles. The van der Waals surface area contributed by atoms with Crippen LogP contribution < -0.4 is 0 Å². The van der Waals surface area contributed by atoms with Crippen LogP contribution >= 0.6 is 11.6 Å². The fraction of sp³-hybridized carbons (Fsp3) is 0.381. The Kier molecular flexibility index (Phi) is 5.48. The quantitative estimate of drug-likeness (QED) is 0.628. The molecule has 0 radical (unpaired) electrons. The molecular formula is C21H23ClN4O2. The number of carbonyl (C=O) groups is 1. The normalized spacial score (nSPS) is 16.6. The fourth-order valence-electron chi connectivity index (χ4n) is 3.74. The van der Waals surface area contributed by atoms with Gasteiger partial charge in [-0.3, -0.25) is 4.79 Å². The zero-order valence-electron chi connectivity index (χ0n) is 15.8. The standard InChI is InChI=1S/C21H23ClN4O2/c1-2-19-23-9-11-25(19)14-20(27)26-10-5-8-18(26)21-24-13-16(28-21)12-15-6-3-4-7-17(15)22/h3-4,6-7,9,11,13,18H,2,5,8,10,12,14H2,1H3/t18-/m1/s1. The second-order valence-electron chi connectivity index (χ2n) is 7.00. The van der Waals surface area contributed by atoms with Crippen LogP contribution in [-0.2, 0) is 24.2 Å². The number of amides is 1. The Morgan fingerprint density at radius 2 is 2.18 bits per heavy atom. The van der Waals surface area contributed by atoms with Crippen molar-refractivity contribution in [1.29, 1.82) is 0 Å². The van der Waals surface area contributed by atoms with E-state index in [0.717, 1.165) is 43.0 Å². The van der Waals surface area contributed by atoms with Gasteiger partial charge in [0.25, 0.3) is 0 Å². The SMILES string of the molecule is CCc1nccn1CC(=O)N1CCC[C@@H]1c1ncc(Cc2ccccc2Cl)o1. The van der Waals surface area contributed by atoms with Crippen LogP contribution in [-0.4, -0.2) is 31.9 Å². The highest BCUT2D eigenvalue weighted by molar-refractivity contribution is 6.31.